The smallest absolute Gasteiger partial charge is 0.262 e. The number of nitrogens with zero attached hydrogens (tertiary/aromatic N) is 5. The van der Waals surface area contributed by atoms with E-state index in [9.17, 15) is 9.59 Å². The second-order valence-electron chi connectivity index (χ2n) is 7.35. The van der Waals surface area contributed by atoms with Crippen LogP contribution in [0.5, 0.6) is 0 Å². The van der Waals surface area contributed by atoms with Crippen molar-refractivity contribution in [3.8, 4) is 0 Å². The van der Waals surface area contributed by atoms with Gasteiger partial charge in [0.15, 0.2) is 5.16 Å². The van der Waals surface area contributed by atoms with E-state index < -0.39 is 0 Å². The molecule has 0 aliphatic carbocycles. The van der Waals surface area contributed by atoms with Crippen molar-refractivity contribution in [1.29, 1.82) is 0 Å². The SMILES string of the molecule is CCC1CCCCN1C(=O)C(C)Sc1nnc2n(C)c(=O)c3ccccc3n12. The lowest BCUT2D eigenvalue weighted by Gasteiger charge is -2.36. The van der Waals surface area contributed by atoms with Crippen molar-refractivity contribution in [2.24, 2.45) is 7.05 Å². The van der Waals surface area contributed by atoms with Gasteiger partial charge in [-0.25, -0.2) is 0 Å². The Hall–Kier alpha value is -2.35. The number of para-hydroxylation sites is 1. The second kappa shape index (κ2) is 7.58. The van der Waals surface area contributed by atoms with Crippen LogP contribution < -0.4 is 5.56 Å². The Bertz CT molecular complexity index is 1090. The molecule has 8 heteroatoms. The van der Waals surface area contributed by atoms with Gasteiger partial charge in [0.2, 0.25) is 11.7 Å². The first-order valence-corrected chi connectivity index (χ1v) is 10.7. The lowest BCUT2D eigenvalue weighted by molar-refractivity contribution is -0.134. The summed E-state index contributed by atoms with van der Waals surface area (Å²) in [4.78, 5) is 27.7. The summed E-state index contributed by atoms with van der Waals surface area (Å²) in [7, 11) is 1.70. The zero-order chi connectivity index (χ0) is 19.8. The molecule has 3 aromatic rings. The van der Waals surface area contributed by atoms with Gasteiger partial charge >= 0.3 is 0 Å². The number of piperidine rings is 1. The normalized spacial score (nSPS) is 18.7. The molecule has 0 radical (unpaired) electrons. The molecule has 1 saturated heterocycles. The summed E-state index contributed by atoms with van der Waals surface area (Å²) < 4.78 is 3.38. The number of likely N-dealkylation sites (tertiary alicyclic amines) is 1. The van der Waals surface area contributed by atoms with Crippen molar-refractivity contribution < 1.29 is 4.79 Å². The van der Waals surface area contributed by atoms with Crippen LogP contribution in [0, 0.1) is 0 Å². The molecule has 148 valence electrons. The molecule has 1 fully saturated rings. The predicted octanol–water partition coefficient (Wildman–Crippen LogP) is 2.85. The standard InChI is InChI=1S/C20H25N5O2S/c1-4-14-9-7-8-12-24(14)17(26)13(2)28-20-22-21-19-23(3)18(27)15-10-5-6-11-16(15)25(19)20/h5-6,10-11,13-14H,4,7-9,12H2,1-3H3. The fraction of sp³-hybridized carbons (Fsp3) is 0.500. The summed E-state index contributed by atoms with van der Waals surface area (Å²) in [6, 6.07) is 7.77. The Morgan fingerprint density at radius 2 is 2.07 bits per heavy atom. The maximum atomic E-state index is 13.1. The van der Waals surface area contributed by atoms with Gasteiger partial charge < -0.3 is 4.90 Å². The van der Waals surface area contributed by atoms with E-state index in [2.05, 4.69) is 17.1 Å². The van der Waals surface area contributed by atoms with Crippen LogP contribution >= 0.6 is 11.8 Å². The van der Waals surface area contributed by atoms with Gasteiger partial charge in [0.1, 0.15) is 0 Å². The van der Waals surface area contributed by atoms with Gasteiger partial charge in [0.25, 0.3) is 5.56 Å². The molecule has 4 rings (SSSR count). The number of carbonyl (C=O) groups excluding carboxylic acids is 1. The number of carbonyl (C=O) groups is 1. The zero-order valence-electron chi connectivity index (χ0n) is 16.5. The molecule has 1 amide bonds. The first-order chi connectivity index (χ1) is 13.5. The van der Waals surface area contributed by atoms with Crippen LogP contribution in [0.3, 0.4) is 0 Å². The fourth-order valence-electron chi connectivity index (χ4n) is 4.04. The minimum Gasteiger partial charge on any atom is -0.339 e. The maximum Gasteiger partial charge on any atom is 0.262 e. The number of hydrogen-bond donors (Lipinski definition) is 0. The molecule has 7 nitrogen and oxygen atoms in total. The molecule has 2 atom stereocenters. The summed E-state index contributed by atoms with van der Waals surface area (Å²) >= 11 is 1.41. The van der Waals surface area contributed by atoms with Gasteiger partial charge in [-0.15, -0.1) is 10.2 Å². The van der Waals surface area contributed by atoms with Crippen molar-refractivity contribution in [2.75, 3.05) is 6.54 Å². The highest BCUT2D eigenvalue weighted by Crippen LogP contribution is 2.28. The van der Waals surface area contributed by atoms with E-state index in [0.29, 0.717) is 22.4 Å². The molecule has 1 aromatic carbocycles. The average molecular weight is 400 g/mol. The Balaban J connectivity index is 1.70. The van der Waals surface area contributed by atoms with Gasteiger partial charge in [0, 0.05) is 19.6 Å². The number of hydrogen-bond acceptors (Lipinski definition) is 5. The third-order valence-corrected chi connectivity index (χ3v) is 6.64. The molecule has 3 heterocycles. The van der Waals surface area contributed by atoms with Crippen molar-refractivity contribution in [3.63, 3.8) is 0 Å². The summed E-state index contributed by atoms with van der Waals surface area (Å²) in [6.45, 7) is 4.91. The zero-order valence-corrected chi connectivity index (χ0v) is 17.3. The summed E-state index contributed by atoms with van der Waals surface area (Å²) in [6.07, 6.45) is 4.34. The molecule has 28 heavy (non-hydrogen) atoms. The van der Waals surface area contributed by atoms with E-state index in [1.165, 1.54) is 22.7 Å². The fourth-order valence-corrected chi connectivity index (χ4v) is 4.97. The van der Waals surface area contributed by atoms with Crippen LogP contribution in [0.15, 0.2) is 34.2 Å². The van der Waals surface area contributed by atoms with Crippen LogP contribution in [0.2, 0.25) is 0 Å². The lowest BCUT2D eigenvalue weighted by atomic mass is 10.00. The Labute approximate surface area is 167 Å². The average Bonchev–Trinajstić information content (AvgIpc) is 3.15. The van der Waals surface area contributed by atoms with Crippen molar-refractivity contribution in [3.05, 3.63) is 34.6 Å². The van der Waals surface area contributed by atoms with Crippen LogP contribution in [-0.2, 0) is 11.8 Å². The number of aryl methyl sites for hydroxylation is 1. The van der Waals surface area contributed by atoms with Gasteiger partial charge in [0.05, 0.1) is 16.2 Å². The molecule has 0 saturated carbocycles. The number of thioether (sulfide) groups is 1. The number of rotatable bonds is 4. The minimum absolute atomic E-state index is 0.102. The number of amides is 1. The Morgan fingerprint density at radius 1 is 1.29 bits per heavy atom. The summed E-state index contributed by atoms with van der Waals surface area (Å²) in [5.41, 5.74) is 0.660. The van der Waals surface area contributed by atoms with E-state index in [4.69, 9.17) is 0 Å². The van der Waals surface area contributed by atoms with Gasteiger partial charge in [-0.1, -0.05) is 30.8 Å². The molecule has 2 aromatic heterocycles. The molecule has 0 bridgehead atoms. The first-order valence-electron chi connectivity index (χ1n) is 9.83. The van der Waals surface area contributed by atoms with E-state index >= 15 is 0 Å². The highest BCUT2D eigenvalue weighted by molar-refractivity contribution is 8.00. The van der Waals surface area contributed by atoms with Gasteiger partial charge in [-0.2, -0.15) is 0 Å². The molecular formula is C20H25N5O2S. The minimum atomic E-state index is -0.268. The predicted molar refractivity (Wildman–Crippen MR) is 111 cm³/mol. The number of aromatic nitrogens is 4. The van der Waals surface area contributed by atoms with Crippen molar-refractivity contribution >= 4 is 34.3 Å². The highest BCUT2D eigenvalue weighted by atomic mass is 32.2. The Morgan fingerprint density at radius 3 is 2.86 bits per heavy atom. The third-order valence-electron chi connectivity index (χ3n) is 5.61. The summed E-state index contributed by atoms with van der Waals surface area (Å²) in [5.74, 6) is 0.637. The van der Waals surface area contributed by atoms with Crippen molar-refractivity contribution in [2.45, 2.75) is 56.0 Å². The van der Waals surface area contributed by atoms with Gasteiger partial charge in [-0.3, -0.25) is 18.6 Å². The summed E-state index contributed by atoms with van der Waals surface area (Å²) in [5, 5.41) is 9.49. The quantitative estimate of drug-likeness (QED) is 0.631. The van der Waals surface area contributed by atoms with Crippen LogP contribution in [-0.4, -0.2) is 47.8 Å². The molecule has 0 N–H and O–H groups in total. The number of benzene rings is 1. The maximum absolute atomic E-state index is 13.1. The first kappa shape index (κ1) is 19.0. The van der Waals surface area contributed by atoms with Crippen LogP contribution in [0.1, 0.15) is 39.5 Å². The molecular weight excluding hydrogens is 374 g/mol. The van der Waals surface area contributed by atoms with Crippen LogP contribution in [0.4, 0.5) is 0 Å². The molecule has 0 spiro atoms. The largest absolute Gasteiger partial charge is 0.339 e. The van der Waals surface area contributed by atoms with Gasteiger partial charge in [-0.05, 0) is 44.7 Å². The Kier molecular flexibility index (Phi) is 5.14. The highest BCUT2D eigenvalue weighted by Gasteiger charge is 2.30. The van der Waals surface area contributed by atoms with E-state index in [1.807, 2.05) is 34.4 Å². The lowest BCUT2D eigenvalue weighted by Crippen LogP contribution is -2.46. The second-order valence-corrected chi connectivity index (χ2v) is 8.66. The van der Waals surface area contributed by atoms with E-state index in [0.717, 1.165) is 31.3 Å². The van der Waals surface area contributed by atoms with Crippen molar-refractivity contribution in [1.82, 2.24) is 24.1 Å². The molecule has 2 unspecified atom stereocenters. The van der Waals surface area contributed by atoms with E-state index in [-0.39, 0.29) is 16.7 Å². The van der Waals surface area contributed by atoms with E-state index in [1.54, 1.807) is 13.1 Å². The van der Waals surface area contributed by atoms with Crippen LogP contribution in [0.25, 0.3) is 16.7 Å². The monoisotopic (exact) mass is 399 g/mol. The third kappa shape index (κ3) is 3.09. The topological polar surface area (TPSA) is 72.5 Å². The number of fused-ring (bicyclic) bond motifs is 3. The molecule has 1 aliphatic heterocycles. The molecule has 1 aliphatic rings.